The summed E-state index contributed by atoms with van der Waals surface area (Å²) >= 11 is 1.50. The summed E-state index contributed by atoms with van der Waals surface area (Å²) < 4.78 is 0. The molecule has 66 heavy (non-hydrogen) atoms. The lowest BCUT2D eigenvalue weighted by atomic mass is 9.88. The number of ketones is 3. The molecule has 0 radical (unpaired) electrons. The molecule has 1 heterocycles. The maximum Gasteiger partial charge on any atom is 0.240 e. The highest BCUT2D eigenvalue weighted by Gasteiger charge is 2.33. The van der Waals surface area contributed by atoms with Crippen LogP contribution in [0.25, 0.3) is 5.57 Å². The zero-order valence-electron chi connectivity index (χ0n) is 39.4. The molecule has 0 aliphatic heterocycles. The number of benzene rings is 1. The third-order valence-corrected chi connectivity index (χ3v) is 12.4. The van der Waals surface area contributed by atoms with Crippen LogP contribution in [0.15, 0.2) is 42.9 Å². The molecule has 0 spiro atoms. The Kier molecular flexibility index (Phi) is 22.5. The van der Waals surface area contributed by atoms with Crippen LogP contribution in [-0.2, 0) is 56.0 Å². The fourth-order valence-electron chi connectivity index (χ4n) is 7.84. The lowest BCUT2D eigenvalue weighted by Gasteiger charge is -2.25. The third-order valence-electron chi connectivity index (χ3n) is 11.7. The summed E-state index contributed by atoms with van der Waals surface area (Å²) in [6.45, 7) is 10.5. The summed E-state index contributed by atoms with van der Waals surface area (Å²) in [5, 5.41) is 11.1. The van der Waals surface area contributed by atoms with E-state index in [4.69, 9.17) is 11.5 Å². The topological polar surface area (TPSA) is 282 Å². The van der Waals surface area contributed by atoms with E-state index in [0.29, 0.717) is 30.7 Å². The number of rotatable bonds is 31. The molecule has 9 N–H and O–H groups in total. The number of hydrogen-bond acceptors (Lipinski definition) is 11. The van der Waals surface area contributed by atoms with Gasteiger partial charge in [0.1, 0.15) is 6.04 Å². The van der Waals surface area contributed by atoms with Crippen LogP contribution in [0.4, 0.5) is 0 Å². The summed E-state index contributed by atoms with van der Waals surface area (Å²) in [5.41, 5.74) is 14.4. The Morgan fingerprint density at radius 2 is 1.38 bits per heavy atom. The molecule has 2 aromatic rings. The molecule has 18 heteroatoms. The van der Waals surface area contributed by atoms with Crippen LogP contribution in [0.1, 0.15) is 116 Å². The molecule has 0 saturated carbocycles. The van der Waals surface area contributed by atoms with Gasteiger partial charge in [0, 0.05) is 74.6 Å². The second kappa shape index (κ2) is 27.1. The van der Waals surface area contributed by atoms with Crippen molar-refractivity contribution in [3.8, 4) is 0 Å². The number of thioether (sulfide) groups is 1. The van der Waals surface area contributed by atoms with Gasteiger partial charge in [0.05, 0.1) is 24.5 Å². The third kappa shape index (κ3) is 18.0. The first-order valence-electron chi connectivity index (χ1n) is 22.8. The van der Waals surface area contributed by atoms with E-state index < -0.39 is 88.9 Å². The molecule has 17 nitrogen and oxygen atoms in total. The van der Waals surface area contributed by atoms with Gasteiger partial charge in [0.15, 0.2) is 17.3 Å². The summed E-state index contributed by atoms with van der Waals surface area (Å²) in [7, 11) is 0. The number of imidazole rings is 1. The maximum absolute atomic E-state index is 13.9. The van der Waals surface area contributed by atoms with Gasteiger partial charge in [0.2, 0.25) is 35.4 Å². The van der Waals surface area contributed by atoms with Gasteiger partial charge in [-0.2, -0.15) is 11.8 Å². The smallest absolute Gasteiger partial charge is 0.240 e. The highest BCUT2D eigenvalue weighted by Crippen LogP contribution is 2.31. The van der Waals surface area contributed by atoms with E-state index in [1.54, 1.807) is 27.7 Å². The standard InChI is InChI=1S/C48H70N8O9S/c1-27(2)20-33(48(65)54-36(45(50)62)18-19-66-7)23-41(59)38(24-34-25-51-26-52-34)53-43(61)17-15-39(57)44(28(3)4)56-47(64)30(6)21-40(58)37(55-46(63)29(5)12-16-42(49)60)22-32-14-13-31-10-8-9-11-35(31)32/h8-11,14,25-30,33,36-38,44H,12-13,15-24H2,1-7H3,(H2,49,60)(H2,50,62)(H,51,52)(H,53,61)(H,54,65)(H,55,63)(H,56,64)/t29-,30+,33+,36-,37-,38-,44-/m0/s1. The molecule has 7 atom stereocenters. The van der Waals surface area contributed by atoms with E-state index in [1.165, 1.54) is 24.3 Å². The van der Waals surface area contributed by atoms with Crippen molar-refractivity contribution in [2.24, 2.45) is 41.1 Å². The summed E-state index contributed by atoms with van der Waals surface area (Å²) in [6.07, 6.45) is 7.61. The van der Waals surface area contributed by atoms with Crippen LogP contribution >= 0.6 is 11.8 Å². The molecule has 1 aliphatic carbocycles. The molecule has 0 fully saturated rings. The number of fused-ring (bicyclic) bond motifs is 1. The molecule has 0 unspecified atom stereocenters. The van der Waals surface area contributed by atoms with Crippen molar-refractivity contribution in [1.29, 1.82) is 0 Å². The lowest BCUT2D eigenvalue weighted by Crippen LogP contribution is -2.49. The Morgan fingerprint density at radius 1 is 0.727 bits per heavy atom. The average molecular weight is 935 g/mol. The second-order valence-electron chi connectivity index (χ2n) is 18.2. The first-order valence-corrected chi connectivity index (χ1v) is 24.2. The largest absolute Gasteiger partial charge is 0.370 e. The Balaban J connectivity index is 1.67. The number of nitrogens with two attached hydrogens (primary N) is 2. The Morgan fingerprint density at radius 3 is 2.00 bits per heavy atom. The van der Waals surface area contributed by atoms with Crippen molar-refractivity contribution in [1.82, 2.24) is 31.2 Å². The molecule has 1 aromatic carbocycles. The number of aromatic amines is 1. The van der Waals surface area contributed by atoms with E-state index in [-0.39, 0.29) is 69.0 Å². The molecule has 3 rings (SSSR count). The van der Waals surface area contributed by atoms with E-state index >= 15 is 0 Å². The van der Waals surface area contributed by atoms with Crippen LogP contribution in [0.5, 0.6) is 0 Å². The molecular formula is C48H70N8O9S. The van der Waals surface area contributed by atoms with Gasteiger partial charge in [-0.25, -0.2) is 4.98 Å². The van der Waals surface area contributed by atoms with Gasteiger partial charge >= 0.3 is 0 Å². The normalized spacial score (nSPS) is 15.3. The lowest BCUT2D eigenvalue weighted by molar-refractivity contribution is -0.135. The van der Waals surface area contributed by atoms with Crippen LogP contribution < -0.4 is 32.7 Å². The van der Waals surface area contributed by atoms with E-state index in [0.717, 1.165) is 16.7 Å². The molecule has 362 valence electrons. The first kappa shape index (κ1) is 54.7. The van der Waals surface area contributed by atoms with Gasteiger partial charge in [0.25, 0.3) is 0 Å². The number of nitrogens with zero attached hydrogens (tertiary/aromatic N) is 1. The number of carbonyl (C=O) groups is 9. The Labute approximate surface area is 392 Å². The number of aromatic nitrogens is 2. The van der Waals surface area contributed by atoms with Gasteiger partial charge in [-0.1, -0.05) is 71.9 Å². The van der Waals surface area contributed by atoms with Crippen LogP contribution in [0, 0.1) is 29.6 Å². The van der Waals surface area contributed by atoms with Crippen LogP contribution in [-0.4, -0.2) is 98.9 Å². The van der Waals surface area contributed by atoms with Crippen molar-refractivity contribution in [2.75, 3.05) is 12.0 Å². The zero-order valence-corrected chi connectivity index (χ0v) is 40.2. The number of primary amides is 2. The minimum absolute atomic E-state index is 0.0106. The minimum Gasteiger partial charge on any atom is -0.370 e. The van der Waals surface area contributed by atoms with Crippen molar-refractivity contribution < 1.29 is 43.2 Å². The SMILES string of the molecule is CSCC[C@H](NC(=O)[C@@H](CC(=O)[C@H](Cc1cnc[nH]1)NC(=O)CCC(=O)[C@@H](NC(=O)[C@H](C)CC(=O)[C@H](CC1=CCc2ccccc21)NC(=O)[C@@H](C)CCC(N)=O)C(C)C)CC(C)C)C(N)=O. The molecule has 1 aliphatic rings. The number of H-pyrrole nitrogens is 1. The van der Waals surface area contributed by atoms with Gasteiger partial charge in [-0.15, -0.1) is 0 Å². The predicted molar refractivity (Wildman–Crippen MR) is 253 cm³/mol. The summed E-state index contributed by atoms with van der Waals surface area (Å²) in [4.78, 5) is 126. The Hall–Kier alpha value is -5.65. The number of amides is 6. The highest BCUT2D eigenvalue weighted by molar-refractivity contribution is 7.98. The highest BCUT2D eigenvalue weighted by atomic mass is 32.2. The average Bonchev–Trinajstić information content (AvgIpc) is 3.93. The van der Waals surface area contributed by atoms with Gasteiger partial charge in [-0.05, 0) is 66.2 Å². The number of Topliss-reactive ketones (excluding diaryl/α,β-unsaturated/α-hetero) is 3. The van der Waals surface area contributed by atoms with Gasteiger partial charge < -0.3 is 37.7 Å². The zero-order chi connectivity index (χ0) is 49.1. The molecule has 6 amide bonds. The monoisotopic (exact) mass is 934 g/mol. The number of hydrogen-bond donors (Lipinski definition) is 7. The first-order chi connectivity index (χ1) is 31.2. The minimum atomic E-state index is -1.08. The fraction of sp³-hybridized carbons (Fsp3) is 0.583. The maximum atomic E-state index is 13.9. The van der Waals surface area contributed by atoms with Gasteiger partial charge in [-0.3, -0.25) is 43.2 Å². The van der Waals surface area contributed by atoms with Crippen molar-refractivity contribution in [3.05, 3.63) is 59.7 Å². The molecule has 0 bridgehead atoms. The van der Waals surface area contributed by atoms with Crippen molar-refractivity contribution >= 4 is 70.1 Å². The fourth-order valence-corrected chi connectivity index (χ4v) is 8.31. The second-order valence-corrected chi connectivity index (χ2v) is 19.2. The van der Waals surface area contributed by atoms with Crippen molar-refractivity contribution in [2.45, 2.75) is 136 Å². The quantitative estimate of drug-likeness (QED) is 0.0576. The van der Waals surface area contributed by atoms with E-state index in [9.17, 15) is 43.2 Å². The predicted octanol–water partition coefficient (Wildman–Crippen LogP) is 3.28. The van der Waals surface area contributed by atoms with E-state index in [1.807, 2.05) is 50.4 Å². The number of carbonyl (C=O) groups excluding carboxylic acids is 9. The number of nitrogens with one attached hydrogen (secondary N) is 5. The summed E-state index contributed by atoms with van der Waals surface area (Å²) in [5.74, 6) is -6.56. The van der Waals surface area contributed by atoms with Crippen molar-refractivity contribution in [3.63, 3.8) is 0 Å². The van der Waals surface area contributed by atoms with Crippen LogP contribution in [0.2, 0.25) is 0 Å². The summed E-state index contributed by atoms with van der Waals surface area (Å²) in [6, 6.07) is 3.85. The number of allylic oxidation sites excluding steroid dienone is 1. The molecular weight excluding hydrogens is 865 g/mol. The van der Waals surface area contributed by atoms with E-state index in [2.05, 4.69) is 31.2 Å². The molecule has 1 aromatic heterocycles. The van der Waals surface area contributed by atoms with Crippen LogP contribution in [0.3, 0.4) is 0 Å². The molecule has 0 saturated heterocycles. The Bertz CT molecular complexity index is 2050.